The summed E-state index contributed by atoms with van der Waals surface area (Å²) in [6.45, 7) is 0.0550. The first-order chi connectivity index (χ1) is 8.95. The van der Waals surface area contributed by atoms with E-state index in [0.717, 1.165) is 17.3 Å². The normalized spacial score (nSPS) is 14.1. The minimum atomic E-state index is -0.228. The number of hydrogen-bond acceptors (Lipinski definition) is 2. The van der Waals surface area contributed by atoms with Gasteiger partial charge in [0.05, 0.1) is 6.54 Å². The van der Waals surface area contributed by atoms with Crippen LogP contribution in [0.1, 0.15) is 23.2 Å². The molecule has 102 valence electrons. The van der Waals surface area contributed by atoms with Gasteiger partial charge in [-0.3, -0.25) is 9.59 Å². The Morgan fingerprint density at radius 1 is 1.42 bits per heavy atom. The van der Waals surface area contributed by atoms with Crippen LogP contribution in [0.4, 0.5) is 0 Å². The number of hydrogen-bond donors (Lipinski definition) is 1. The lowest BCUT2D eigenvalue weighted by atomic mass is 10.2. The smallest absolute Gasteiger partial charge is 0.254 e. The molecule has 1 N–H and O–H groups in total. The van der Waals surface area contributed by atoms with E-state index < -0.39 is 0 Å². The lowest BCUT2D eigenvalue weighted by molar-refractivity contribution is -0.121. The van der Waals surface area contributed by atoms with Gasteiger partial charge in [0, 0.05) is 28.1 Å². The molecule has 1 fully saturated rings. The molecule has 0 atom stereocenters. The lowest BCUT2D eigenvalue weighted by Crippen LogP contribution is -2.39. The fourth-order valence-corrected chi connectivity index (χ4v) is 2.55. The van der Waals surface area contributed by atoms with Crippen molar-refractivity contribution in [3.05, 3.63) is 33.3 Å². The van der Waals surface area contributed by atoms with Crippen molar-refractivity contribution in [2.45, 2.75) is 18.9 Å². The molecule has 0 bridgehead atoms. The Bertz CT molecular complexity index is 497. The van der Waals surface area contributed by atoms with Crippen LogP contribution < -0.4 is 5.32 Å². The third kappa shape index (κ3) is 4.21. The lowest BCUT2D eigenvalue weighted by Gasteiger charge is -2.17. The van der Waals surface area contributed by atoms with E-state index in [4.69, 9.17) is 11.6 Å². The summed E-state index contributed by atoms with van der Waals surface area (Å²) in [6, 6.07) is 5.28. The van der Waals surface area contributed by atoms with Gasteiger partial charge < -0.3 is 10.2 Å². The first-order valence-electron chi connectivity index (χ1n) is 5.96. The number of halogens is 2. The zero-order valence-corrected chi connectivity index (χ0v) is 12.8. The Labute approximate surface area is 125 Å². The average Bonchev–Trinajstić information content (AvgIpc) is 3.10. The van der Waals surface area contributed by atoms with Gasteiger partial charge in [0.25, 0.3) is 5.91 Å². The Hall–Kier alpha value is -1.07. The number of carbonyl (C=O) groups is 2. The molecule has 0 aliphatic heterocycles. The summed E-state index contributed by atoms with van der Waals surface area (Å²) in [5, 5.41) is 3.33. The largest absolute Gasteiger partial charge is 0.352 e. The number of amides is 2. The summed E-state index contributed by atoms with van der Waals surface area (Å²) in [5.41, 5.74) is 0.459. The molecule has 2 amide bonds. The van der Waals surface area contributed by atoms with Gasteiger partial charge in [-0.1, -0.05) is 27.5 Å². The molecule has 1 aromatic carbocycles. The third-order valence-electron chi connectivity index (χ3n) is 2.78. The van der Waals surface area contributed by atoms with Crippen LogP contribution in [0.25, 0.3) is 0 Å². The minimum Gasteiger partial charge on any atom is -0.352 e. The number of likely N-dealkylation sites (N-methyl/N-ethyl adjacent to an activating group) is 1. The van der Waals surface area contributed by atoms with Crippen molar-refractivity contribution < 1.29 is 9.59 Å². The standard InChI is InChI=1S/C13H14BrClN2O2/c1-17(7-12(18)16-11-2-3-11)13(19)8-4-9(14)6-10(15)5-8/h4-6,11H,2-3,7H2,1H3,(H,16,18). The van der Waals surface area contributed by atoms with E-state index in [1.54, 1.807) is 25.2 Å². The van der Waals surface area contributed by atoms with Crippen LogP contribution in [0, 0.1) is 0 Å². The molecule has 1 saturated carbocycles. The van der Waals surface area contributed by atoms with Crippen LogP contribution >= 0.6 is 27.5 Å². The molecule has 6 heteroatoms. The van der Waals surface area contributed by atoms with Crippen molar-refractivity contribution in [1.82, 2.24) is 10.2 Å². The molecule has 0 unspecified atom stereocenters. The molecule has 0 aromatic heterocycles. The number of carbonyl (C=O) groups excluding carboxylic acids is 2. The summed E-state index contributed by atoms with van der Waals surface area (Å²) in [7, 11) is 1.60. The molecule has 1 aliphatic carbocycles. The third-order valence-corrected chi connectivity index (χ3v) is 3.46. The number of rotatable bonds is 4. The molecule has 1 aliphatic rings. The van der Waals surface area contributed by atoms with E-state index in [-0.39, 0.29) is 18.4 Å². The number of benzene rings is 1. The van der Waals surface area contributed by atoms with Crippen LogP contribution in [0.2, 0.25) is 5.02 Å². The minimum absolute atomic E-state index is 0.0550. The second-order valence-electron chi connectivity index (χ2n) is 4.66. The number of nitrogens with zero attached hydrogens (tertiary/aromatic N) is 1. The number of nitrogens with one attached hydrogen (secondary N) is 1. The summed E-state index contributed by atoms with van der Waals surface area (Å²) in [4.78, 5) is 25.2. The monoisotopic (exact) mass is 344 g/mol. The predicted octanol–water partition coefficient (Wildman–Crippen LogP) is 2.45. The van der Waals surface area contributed by atoms with Gasteiger partial charge in [-0.15, -0.1) is 0 Å². The van der Waals surface area contributed by atoms with E-state index in [2.05, 4.69) is 21.2 Å². The Morgan fingerprint density at radius 3 is 2.68 bits per heavy atom. The molecule has 0 saturated heterocycles. The molecule has 0 radical (unpaired) electrons. The maximum absolute atomic E-state index is 12.2. The Morgan fingerprint density at radius 2 is 2.11 bits per heavy atom. The van der Waals surface area contributed by atoms with Crippen molar-refractivity contribution in [2.24, 2.45) is 0 Å². The van der Waals surface area contributed by atoms with Crippen molar-refractivity contribution >= 4 is 39.3 Å². The van der Waals surface area contributed by atoms with Crippen molar-refractivity contribution in [1.29, 1.82) is 0 Å². The molecular formula is C13H14BrClN2O2. The summed E-state index contributed by atoms with van der Waals surface area (Å²) in [5.74, 6) is -0.353. The second kappa shape index (κ2) is 5.92. The zero-order valence-electron chi connectivity index (χ0n) is 10.5. The summed E-state index contributed by atoms with van der Waals surface area (Å²) < 4.78 is 0.735. The highest BCUT2D eigenvalue weighted by molar-refractivity contribution is 9.10. The van der Waals surface area contributed by atoms with Crippen molar-refractivity contribution in [2.75, 3.05) is 13.6 Å². The van der Waals surface area contributed by atoms with Crippen LogP contribution in [0.15, 0.2) is 22.7 Å². The predicted molar refractivity (Wildman–Crippen MR) is 77.3 cm³/mol. The van der Waals surface area contributed by atoms with Gasteiger partial charge in [-0.2, -0.15) is 0 Å². The van der Waals surface area contributed by atoms with E-state index in [9.17, 15) is 9.59 Å². The molecule has 0 spiro atoms. The van der Waals surface area contributed by atoms with Gasteiger partial charge >= 0.3 is 0 Å². The fraction of sp³-hybridized carbons (Fsp3) is 0.385. The first kappa shape index (κ1) is 14.3. The highest BCUT2D eigenvalue weighted by atomic mass is 79.9. The highest BCUT2D eigenvalue weighted by Gasteiger charge is 2.24. The maximum Gasteiger partial charge on any atom is 0.254 e. The van der Waals surface area contributed by atoms with Gasteiger partial charge in [0.2, 0.25) is 5.91 Å². The van der Waals surface area contributed by atoms with Gasteiger partial charge in [-0.25, -0.2) is 0 Å². The van der Waals surface area contributed by atoms with E-state index in [1.165, 1.54) is 4.90 Å². The molecule has 4 nitrogen and oxygen atoms in total. The fourth-order valence-electron chi connectivity index (χ4n) is 1.69. The molecule has 0 heterocycles. The Kier molecular flexibility index (Phi) is 4.47. The van der Waals surface area contributed by atoms with Crippen LogP contribution in [-0.4, -0.2) is 36.3 Å². The Balaban J connectivity index is 1.98. The van der Waals surface area contributed by atoms with Gasteiger partial charge in [0.15, 0.2) is 0 Å². The maximum atomic E-state index is 12.2. The SMILES string of the molecule is CN(CC(=O)NC1CC1)C(=O)c1cc(Cl)cc(Br)c1. The van der Waals surface area contributed by atoms with Crippen LogP contribution in [-0.2, 0) is 4.79 Å². The van der Waals surface area contributed by atoms with E-state index >= 15 is 0 Å². The van der Waals surface area contributed by atoms with E-state index in [0.29, 0.717) is 16.6 Å². The molecule has 2 rings (SSSR count). The molecular weight excluding hydrogens is 332 g/mol. The van der Waals surface area contributed by atoms with Crippen LogP contribution in [0.3, 0.4) is 0 Å². The van der Waals surface area contributed by atoms with Gasteiger partial charge in [0.1, 0.15) is 0 Å². The highest BCUT2D eigenvalue weighted by Crippen LogP contribution is 2.21. The quantitative estimate of drug-likeness (QED) is 0.911. The molecule has 1 aromatic rings. The van der Waals surface area contributed by atoms with Crippen LogP contribution in [0.5, 0.6) is 0 Å². The summed E-state index contributed by atoms with van der Waals surface area (Å²) >= 11 is 9.19. The van der Waals surface area contributed by atoms with Crippen molar-refractivity contribution in [3.8, 4) is 0 Å². The first-order valence-corrected chi connectivity index (χ1v) is 7.13. The summed E-state index contributed by atoms with van der Waals surface area (Å²) in [6.07, 6.45) is 2.06. The average molecular weight is 346 g/mol. The van der Waals surface area contributed by atoms with E-state index in [1.807, 2.05) is 0 Å². The molecule has 19 heavy (non-hydrogen) atoms. The second-order valence-corrected chi connectivity index (χ2v) is 6.01. The van der Waals surface area contributed by atoms with Gasteiger partial charge in [-0.05, 0) is 31.0 Å². The topological polar surface area (TPSA) is 49.4 Å². The zero-order chi connectivity index (χ0) is 14.0. The van der Waals surface area contributed by atoms with Crippen molar-refractivity contribution in [3.63, 3.8) is 0 Å².